The minimum Gasteiger partial charge on any atom is -0.330 e. The molecule has 0 unspecified atom stereocenters. The Morgan fingerprint density at radius 2 is 2.07 bits per heavy atom. The van der Waals surface area contributed by atoms with Gasteiger partial charge in [0.1, 0.15) is 0 Å². The standard InChI is InChI=1S/C9H14NO2PS/c1-3-8-6-7(2)4-5-9(8)10-13(11,12)14/h4-6H,3H2,1-2H3,(H3,10,11,12,14). The van der Waals surface area contributed by atoms with Crippen LogP contribution in [0.3, 0.4) is 0 Å². The highest BCUT2D eigenvalue weighted by Crippen LogP contribution is 2.37. The van der Waals surface area contributed by atoms with Crippen LogP contribution < -0.4 is 5.09 Å². The summed E-state index contributed by atoms with van der Waals surface area (Å²) in [5.74, 6) is 0. The molecule has 0 bridgehead atoms. The SMILES string of the molecule is CCc1cc(C)ccc1NP(O)(O)=S. The first-order valence-corrected chi connectivity index (χ1v) is 7.06. The predicted molar refractivity (Wildman–Crippen MR) is 62.9 cm³/mol. The Balaban J connectivity index is 3.03. The van der Waals surface area contributed by atoms with E-state index in [0.717, 1.165) is 17.5 Å². The molecule has 1 rings (SSSR count). The summed E-state index contributed by atoms with van der Waals surface area (Å²) in [6.45, 7) is 0.650. The van der Waals surface area contributed by atoms with Gasteiger partial charge >= 0.3 is 0 Å². The monoisotopic (exact) mass is 231 g/mol. The van der Waals surface area contributed by atoms with Crippen molar-refractivity contribution in [3.05, 3.63) is 29.3 Å². The zero-order chi connectivity index (χ0) is 10.8. The van der Waals surface area contributed by atoms with Gasteiger partial charge in [0.2, 0.25) is 0 Å². The maximum Gasteiger partial charge on any atom is 0.282 e. The lowest BCUT2D eigenvalue weighted by Crippen LogP contribution is -1.98. The Morgan fingerprint density at radius 3 is 2.57 bits per heavy atom. The third kappa shape index (κ3) is 3.39. The van der Waals surface area contributed by atoms with Gasteiger partial charge in [0.15, 0.2) is 0 Å². The van der Waals surface area contributed by atoms with Gasteiger partial charge in [-0.1, -0.05) is 24.6 Å². The van der Waals surface area contributed by atoms with Crippen molar-refractivity contribution in [2.45, 2.75) is 20.3 Å². The zero-order valence-corrected chi connectivity index (χ0v) is 9.90. The van der Waals surface area contributed by atoms with Crippen LogP contribution in [0, 0.1) is 6.92 Å². The summed E-state index contributed by atoms with van der Waals surface area (Å²) in [6, 6.07) is 5.74. The van der Waals surface area contributed by atoms with E-state index in [4.69, 9.17) is 9.79 Å². The summed E-state index contributed by atoms with van der Waals surface area (Å²) >= 11 is 4.52. The largest absolute Gasteiger partial charge is 0.330 e. The van der Waals surface area contributed by atoms with Crippen LogP contribution in [-0.2, 0) is 18.2 Å². The average molecular weight is 231 g/mol. The van der Waals surface area contributed by atoms with Crippen molar-refractivity contribution in [1.29, 1.82) is 0 Å². The second-order valence-electron chi connectivity index (χ2n) is 3.17. The number of benzene rings is 1. The lowest BCUT2D eigenvalue weighted by molar-refractivity contribution is 0.486. The molecule has 0 aromatic heterocycles. The van der Waals surface area contributed by atoms with Crippen LogP contribution in [0.4, 0.5) is 5.69 Å². The first-order chi connectivity index (χ1) is 6.42. The molecule has 14 heavy (non-hydrogen) atoms. The van der Waals surface area contributed by atoms with Gasteiger partial charge in [-0.05, 0) is 36.8 Å². The van der Waals surface area contributed by atoms with Gasteiger partial charge in [-0.25, -0.2) is 0 Å². The molecule has 0 spiro atoms. The molecule has 3 nitrogen and oxygen atoms in total. The van der Waals surface area contributed by atoms with Crippen LogP contribution in [0.5, 0.6) is 0 Å². The number of rotatable bonds is 3. The third-order valence-electron chi connectivity index (χ3n) is 1.91. The Labute approximate surface area is 89.0 Å². The van der Waals surface area contributed by atoms with Crippen molar-refractivity contribution >= 4 is 24.1 Å². The third-order valence-corrected chi connectivity index (χ3v) is 2.71. The van der Waals surface area contributed by atoms with Crippen molar-refractivity contribution in [3.8, 4) is 0 Å². The Bertz CT molecular complexity index is 375. The van der Waals surface area contributed by atoms with Crippen LogP contribution in [0.2, 0.25) is 0 Å². The smallest absolute Gasteiger partial charge is 0.282 e. The maximum absolute atomic E-state index is 9.13. The topological polar surface area (TPSA) is 52.5 Å². The van der Waals surface area contributed by atoms with E-state index in [0.29, 0.717) is 5.69 Å². The van der Waals surface area contributed by atoms with Crippen LogP contribution in [-0.4, -0.2) is 9.79 Å². The minimum atomic E-state index is -3.36. The van der Waals surface area contributed by atoms with E-state index in [2.05, 4.69) is 16.9 Å². The van der Waals surface area contributed by atoms with Gasteiger partial charge in [0, 0.05) is 5.69 Å². The fourth-order valence-electron chi connectivity index (χ4n) is 1.28. The quantitative estimate of drug-likeness (QED) is 0.698. The van der Waals surface area contributed by atoms with Gasteiger partial charge in [0.05, 0.1) is 0 Å². The molecule has 1 aromatic rings. The average Bonchev–Trinajstić information content (AvgIpc) is 2.06. The highest BCUT2D eigenvalue weighted by atomic mass is 32.5. The molecule has 0 amide bonds. The fourth-order valence-corrected chi connectivity index (χ4v) is 2.11. The summed E-state index contributed by atoms with van der Waals surface area (Å²) in [7, 11) is 0. The molecule has 0 fully saturated rings. The molecule has 0 aliphatic rings. The molecule has 0 heterocycles. The van der Waals surface area contributed by atoms with E-state index in [1.54, 1.807) is 0 Å². The van der Waals surface area contributed by atoms with Crippen molar-refractivity contribution in [3.63, 3.8) is 0 Å². The summed E-state index contributed by atoms with van der Waals surface area (Å²) < 4.78 is 0. The maximum atomic E-state index is 9.13. The van der Waals surface area contributed by atoms with Crippen LogP contribution in [0.25, 0.3) is 0 Å². The summed E-state index contributed by atoms with van der Waals surface area (Å²) in [5.41, 5.74) is 2.91. The van der Waals surface area contributed by atoms with E-state index < -0.39 is 6.64 Å². The molecule has 1 aromatic carbocycles. The van der Waals surface area contributed by atoms with E-state index in [-0.39, 0.29) is 0 Å². The van der Waals surface area contributed by atoms with E-state index in [9.17, 15) is 0 Å². The summed E-state index contributed by atoms with van der Waals surface area (Å²) in [6.07, 6.45) is 0.833. The highest BCUT2D eigenvalue weighted by Gasteiger charge is 2.09. The first kappa shape index (κ1) is 11.7. The molecule has 0 atom stereocenters. The number of nitrogens with one attached hydrogen (secondary N) is 1. The van der Waals surface area contributed by atoms with Gasteiger partial charge < -0.3 is 14.9 Å². The lowest BCUT2D eigenvalue weighted by atomic mass is 10.1. The summed E-state index contributed by atoms with van der Waals surface area (Å²) in [4.78, 5) is 18.3. The van der Waals surface area contributed by atoms with Gasteiger partial charge in [-0.3, -0.25) is 0 Å². The lowest BCUT2D eigenvalue weighted by Gasteiger charge is -2.14. The van der Waals surface area contributed by atoms with E-state index in [1.165, 1.54) is 0 Å². The molecule has 78 valence electrons. The Morgan fingerprint density at radius 1 is 1.43 bits per heavy atom. The summed E-state index contributed by atoms with van der Waals surface area (Å²) in [5, 5.41) is 2.56. The second-order valence-corrected chi connectivity index (χ2v) is 6.01. The van der Waals surface area contributed by atoms with Crippen molar-refractivity contribution in [2.75, 3.05) is 5.09 Å². The molecule has 5 heteroatoms. The van der Waals surface area contributed by atoms with Gasteiger partial charge in [-0.15, -0.1) is 0 Å². The molecular formula is C9H14NO2PS. The van der Waals surface area contributed by atoms with E-state index in [1.807, 2.05) is 32.0 Å². The number of hydrogen-bond donors (Lipinski definition) is 3. The number of hydrogen-bond acceptors (Lipinski definition) is 1. The normalized spacial score (nSPS) is 11.4. The van der Waals surface area contributed by atoms with Crippen LogP contribution >= 0.6 is 6.64 Å². The van der Waals surface area contributed by atoms with Crippen molar-refractivity contribution in [1.82, 2.24) is 0 Å². The predicted octanol–water partition coefficient (Wildman–Crippen LogP) is 2.18. The van der Waals surface area contributed by atoms with Crippen molar-refractivity contribution in [2.24, 2.45) is 0 Å². The fraction of sp³-hybridized carbons (Fsp3) is 0.333. The molecule has 0 aliphatic heterocycles. The van der Waals surface area contributed by atoms with Crippen LogP contribution in [0.15, 0.2) is 18.2 Å². The van der Waals surface area contributed by atoms with Crippen LogP contribution in [0.1, 0.15) is 18.1 Å². The van der Waals surface area contributed by atoms with Crippen molar-refractivity contribution < 1.29 is 9.79 Å². The van der Waals surface area contributed by atoms with Gasteiger partial charge in [0.25, 0.3) is 6.64 Å². The Kier molecular flexibility index (Phi) is 3.67. The van der Waals surface area contributed by atoms with Gasteiger partial charge in [-0.2, -0.15) is 0 Å². The minimum absolute atomic E-state index is 0.714. The molecule has 0 saturated carbocycles. The van der Waals surface area contributed by atoms with E-state index >= 15 is 0 Å². The number of anilines is 1. The highest BCUT2D eigenvalue weighted by molar-refractivity contribution is 8.09. The zero-order valence-electron chi connectivity index (χ0n) is 8.19. The molecule has 3 N–H and O–H groups in total. The Hall–Kier alpha value is -0.410. The molecule has 0 aliphatic carbocycles. The second kappa shape index (κ2) is 4.41. The molecular weight excluding hydrogens is 217 g/mol. The molecule has 0 radical (unpaired) electrons. The number of aryl methyl sites for hydroxylation is 2. The molecule has 0 saturated heterocycles. The first-order valence-electron chi connectivity index (χ1n) is 4.35.